The van der Waals surface area contributed by atoms with Crippen molar-refractivity contribution in [3.8, 4) is 0 Å². The molecule has 0 amide bonds. The van der Waals surface area contributed by atoms with Crippen molar-refractivity contribution in [1.82, 2.24) is 20.2 Å². The molecule has 2 N–H and O–H groups in total. The van der Waals surface area contributed by atoms with Gasteiger partial charge in [0.2, 0.25) is 0 Å². The van der Waals surface area contributed by atoms with Gasteiger partial charge in [-0.05, 0) is 6.92 Å². The average Bonchev–Trinajstić information content (AvgIpc) is 2.82. The minimum atomic E-state index is -2.88. The maximum absolute atomic E-state index is 11.7. The Hall–Kier alpha value is -0.340. The maximum atomic E-state index is 11.7. The van der Waals surface area contributed by atoms with Crippen LogP contribution in [0.3, 0.4) is 0 Å². The molecular weight excluding hydrogens is 323 g/mol. The first-order chi connectivity index (χ1) is 8.55. The van der Waals surface area contributed by atoms with Gasteiger partial charge in [0.15, 0.2) is 9.84 Å². The number of halogens is 2. The number of imidazole rings is 1. The minimum Gasteiger partial charge on any atom is -0.348 e. The number of hydrogen-bond acceptors (Lipinski definition) is 5. The molecule has 2 fully saturated rings. The highest BCUT2D eigenvalue weighted by molar-refractivity contribution is 7.91. The number of fused-ring (bicyclic) bond motifs is 1. The van der Waals surface area contributed by atoms with Gasteiger partial charge in [0.05, 0.1) is 23.5 Å². The molecule has 0 aliphatic carbocycles. The van der Waals surface area contributed by atoms with Crippen molar-refractivity contribution in [3.05, 3.63) is 17.7 Å². The molecule has 6 nitrogen and oxygen atoms in total. The molecule has 116 valence electrons. The first-order valence-corrected chi connectivity index (χ1v) is 8.04. The number of nitrogens with one attached hydrogen (secondary N) is 2. The molecule has 0 saturated carbocycles. The van der Waals surface area contributed by atoms with E-state index in [1.165, 1.54) is 0 Å². The lowest BCUT2D eigenvalue weighted by molar-refractivity contribution is 0.139. The molecule has 1 aromatic heterocycles. The Labute approximate surface area is 131 Å². The summed E-state index contributed by atoms with van der Waals surface area (Å²) < 4.78 is 23.4. The zero-order chi connectivity index (χ0) is 12.8. The molecule has 0 spiro atoms. The molecule has 1 aromatic rings. The smallest absolute Gasteiger partial charge is 0.153 e. The van der Waals surface area contributed by atoms with Crippen molar-refractivity contribution >= 4 is 34.7 Å². The van der Waals surface area contributed by atoms with Crippen molar-refractivity contribution in [2.45, 2.75) is 25.6 Å². The predicted octanol–water partition coefficient (Wildman–Crippen LogP) is 0.133. The SMILES string of the molecule is Cc1[nH]cnc1CN1CCN[C@H]2CS(=O)(=O)C[C@H]21.Cl.Cl. The van der Waals surface area contributed by atoms with Crippen molar-refractivity contribution in [2.24, 2.45) is 0 Å². The summed E-state index contributed by atoms with van der Waals surface area (Å²) in [6, 6.07) is 0.183. The van der Waals surface area contributed by atoms with Gasteiger partial charge >= 0.3 is 0 Å². The van der Waals surface area contributed by atoms with E-state index in [-0.39, 0.29) is 48.4 Å². The second kappa shape index (κ2) is 6.62. The summed E-state index contributed by atoms with van der Waals surface area (Å²) >= 11 is 0. The van der Waals surface area contributed by atoms with E-state index in [0.717, 1.165) is 31.0 Å². The zero-order valence-electron chi connectivity index (χ0n) is 11.2. The van der Waals surface area contributed by atoms with Gasteiger partial charge in [-0.3, -0.25) is 4.90 Å². The van der Waals surface area contributed by atoms with Crippen LogP contribution in [-0.4, -0.2) is 60.0 Å². The number of H-pyrrole nitrogens is 1. The number of hydrogen-bond donors (Lipinski definition) is 2. The van der Waals surface area contributed by atoms with Crippen molar-refractivity contribution in [2.75, 3.05) is 24.6 Å². The summed E-state index contributed by atoms with van der Waals surface area (Å²) in [7, 11) is -2.88. The molecule has 0 bridgehead atoms. The summed E-state index contributed by atoms with van der Waals surface area (Å²) in [6.07, 6.45) is 1.69. The molecule has 20 heavy (non-hydrogen) atoms. The summed E-state index contributed by atoms with van der Waals surface area (Å²) in [4.78, 5) is 9.60. The van der Waals surface area contributed by atoms with Gasteiger partial charge in [-0.15, -0.1) is 24.8 Å². The Bertz CT molecular complexity index is 548. The fraction of sp³-hybridized carbons (Fsp3) is 0.727. The molecule has 0 aromatic carbocycles. The molecule has 3 rings (SSSR count). The van der Waals surface area contributed by atoms with E-state index in [2.05, 4.69) is 20.2 Å². The Morgan fingerprint density at radius 2 is 2.15 bits per heavy atom. The van der Waals surface area contributed by atoms with E-state index >= 15 is 0 Å². The van der Waals surface area contributed by atoms with E-state index in [1.54, 1.807) is 6.33 Å². The fourth-order valence-electron chi connectivity index (χ4n) is 2.88. The third kappa shape index (κ3) is 3.46. The van der Waals surface area contributed by atoms with Gasteiger partial charge in [-0.25, -0.2) is 13.4 Å². The van der Waals surface area contributed by atoms with E-state index in [0.29, 0.717) is 0 Å². The first-order valence-electron chi connectivity index (χ1n) is 6.22. The van der Waals surface area contributed by atoms with Gasteiger partial charge in [-0.1, -0.05) is 0 Å². The van der Waals surface area contributed by atoms with Crippen molar-refractivity contribution in [3.63, 3.8) is 0 Å². The van der Waals surface area contributed by atoms with Gasteiger partial charge < -0.3 is 10.3 Å². The van der Waals surface area contributed by atoms with Crippen LogP contribution in [0.5, 0.6) is 0 Å². The molecule has 0 radical (unpaired) electrons. The molecule has 2 atom stereocenters. The molecule has 3 heterocycles. The highest BCUT2D eigenvalue weighted by Gasteiger charge is 2.42. The second-order valence-corrected chi connectivity index (χ2v) is 7.30. The normalized spacial score (nSPS) is 28.2. The van der Waals surface area contributed by atoms with Crippen LogP contribution in [0.4, 0.5) is 0 Å². The van der Waals surface area contributed by atoms with E-state index in [1.807, 2.05) is 6.92 Å². The number of rotatable bonds is 2. The third-order valence-electron chi connectivity index (χ3n) is 3.88. The Balaban J connectivity index is 0.000001000. The van der Waals surface area contributed by atoms with E-state index in [4.69, 9.17) is 0 Å². The lowest BCUT2D eigenvalue weighted by Gasteiger charge is -2.37. The highest BCUT2D eigenvalue weighted by Crippen LogP contribution is 2.23. The van der Waals surface area contributed by atoms with Crippen LogP contribution >= 0.6 is 24.8 Å². The van der Waals surface area contributed by atoms with Gasteiger partial charge in [0.25, 0.3) is 0 Å². The Kier molecular flexibility index (Phi) is 5.86. The van der Waals surface area contributed by atoms with Crippen LogP contribution in [0.2, 0.25) is 0 Å². The van der Waals surface area contributed by atoms with E-state index < -0.39 is 9.84 Å². The minimum absolute atomic E-state index is 0. The first kappa shape index (κ1) is 17.7. The third-order valence-corrected chi connectivity index (χ3v) is 5.60. The molecule has 9 heteroatoms. The molecule has 2 saturated heterocycles. The lowest BCUT2D eigenvalue weighted by atomic mass is 10.1. The molecule has 2 aliphatic rings. The van der Waals surface area contributed by atoms with Crippen LogP contribution in [0.1, 0.15) is 11.4 Å². The van der Waals surface area contributed by atoms with Gasteiger partial charge in [0, 0.05) is 37.4 Å². The number of aryl methyl sites for hydroxylation is 1. The highest BCUT2D eigenvalue weighted by atomic mass is 35.5. The van der Waals surface area contributed by atoms with Crippen LogP contribution < -0.4 is 5.32 Å². The van der Waals surface area contributed by atoms with Crippen LogP contribution in [0, 0.1) is 6.92 Å². The number of aromatic nitrogens is 2. The maximum Gasteiger partial charge on any atom is 0.153 e. The summed E-state index contributed by atoms with van der Waals surface area (Å²) in [5.41, 5.74) is 2.07. The standard InChI is InChI=1S/C11H18N4O2S.2ClH/c1-8-9(14-7-13-8)4-15-3-2-12-10-5-18(16,17)6-11(10)15;;/h7,10-12H,2-6H2,1H3,(H,13,14);2*1H/t10-,11+;;/m0../s1. The number of aromatic amines is 1. The van der Waals surface area contributed by atoms with E-state index in [9.17, 15) is 8.42 Å². The topological polar surface area (TPSA) is 78.1 Å². The second-order valence-electron chi connectivity index (χ2n) is 5.15. The fourth-order valence-corrected chi connectivity index (χ4v) is 4.87. The average molecular weight is 343 g/mol. The Morgan fingerprint density at radius 1 is 1.40 bits per heavy atom. The quantitative estimate of drug-likeness (QED) is 0.798. The summed E-state index contributed by atoms with van der Waals surface area (Å²) in [5, 5.41) is 3.31. The summed E-state index contributed by atoms with van der Waals surface area (Å²) in [5.74, 6) is 0.544. The zero-order valence-corrected chi connectivity index (χ0v) is 13.7. The van der Waals surface area contributed by atoms with Crippen LogP contribution in [0.25, 0.3) is 0 Å². The molecule has 0 unspecified atom stereocenters. The molecular formula is C11H20Cl2N4O2S. The monoisotopic (exact) mass is 342 g/mol. The number of nitrogens with zero attached hydrogens (tertiary/aromatic N) is 2. The van der Waals surface area contributed by atoms with Crippen molar-refractivity contribution < 1.29 is 8.42 Å². The summed E-state index contributed by atoms with van der Waals surface area (Å²) in [6.45, 7) is 4.45. The largest absolute Gasteiger partial charge is 0.348 e. The van der Waals surface area contributed by atoms with Crippen LogP contribution in [0.15, 0.2) is 6.33 Å². The Morgan fingerprint density at radius 3 is 2.80 bits per heavy atom. The predicted molar refractivity (Wildman–Crippen MR) is 82.5 cm³/mol. The van der Waals surface area contributed by atoms with Crippen molar-refractivity contribution in [1.29, 1.82) is 0 Å². The molecule has 2 aliphatic heterocycles. The lowest BCUT2D eigenvalue weighted by Crippen LogP contribution is -2.56. The van der Waals surface area contributed by atoms with Gasteiger partial charge in [-0.2, -0.15) is 0 Å². The van der Waals surface area contributed by atoms with Gasteiger partial charge in [0.1, 0.15) is 0 Å². The number of piperazine rings is 1. The number of sulfone groups is 1. The van der Waals surface area contributed by atoms with Crippen LogP contribution in [-0.2, 0) is 16.4 Å².